The van der Waals surface area contributed by atoms with Crippen molar-refractivity contribution in [3.05, 3.63) is 58.3 Å². The molecule has 0 atom stereocenters. The van der Waals surface area contributed by atoms with E-state index in [9.17, 15) is 14.0 Å². The van der Waals surface area contributed by atoms with Crippen LogP contribution >= 0.6 is 0 Å². The first-order valence-corrected chi connectivity index (χ1v) is 5.11. The number of H-pyrrole nitrogens is 1. The van der Waals surface area contributed by atoms with Crippen LogP contribution in [0.4, 0.5) is 15.8 Å². The van der Waals surface area contributed by atoms with Crippen molar-refractivity contribution in [2.45, 2.75) is 0 Å². The summed E-state index contributed by atoms with van der Waals surface area (Å²) in [5, 5.41) is 2.46. The molecule has 4 N–H and O–H groups in total. The summed E-state index contributed by atoms with van der Waals surface area (Å²) in [7, 11) is 0. The van der Waals surface area contributed by atoms with Crippen molar-refractivity contribution < 1.29 is 9.18 Å². The van der Waals surface area contributed by atoms with Gasteiger partial charge >= 0.3 is 0 Å². The molecule has 1 heterocycles. The van der Waals surface area contributed by atoms with E-state index in [0.717, 1.165) is 6.07 Å². The first kappa shape index (κ1) is 11.8. The summed E-state index contributed by atoms with van der Waals surface area (Å²) in [6.07, 6.45) is 1.27. The Kier molecular flexibility index (Phi) is 3.09. The molecule has 1 aromatic heterocycles. The lowest BCUT2D eigenvalue weighted by Crippen LogP contribution is -2.15. The Morgan fingerprint density at radius 3 is 2.72 bits per heavy atom. The molecule has 0 saturated carbocycles. The van der Waals surface area contributed by atoms with E-state index in [1.54, 1.807) is 0 Å². The van der Waals surface area contributed by atoms with Crippen molar-refractivity contribution in [3.63, 3.8) is 0 Å². The van der Waals surface area contributed by atoms with Gasteiger partial charge in [-0.2, -0.15) is 0 Å². The first-order valence-electron chi connectivity index (χ1n) is 5.11. The number of amides is 1. The van der Waals surface area contributed by atoms with Crippen LogP contribution in [0.1, 0.15) is 10.4 Å². The van der Waals surface area contributed by atoms with Crippen molar-refractivity contribution in [2.75, 3.05) is 11.1 Å². The largest absolute Gasteiger partial charge is 0.397 e. The summed E-state index contributed by atoms with van der Waals surface area (Å²) >= 11 is 0. The highest BCUT2D eigenvalue weighted by molar-refractivity contribution is 6.05. The molecule has 2 aromatic rings. The molecular weight excluding hydrogens is 237 g/mol. The molecule has 1 aromatic carbocycles. The van der Waals surface area contributed by atoms with Gasteiger partial charge in [-0.05, 0) is 24.3 Å². The highest BCUT2D eigenvalue weighted by Gasteiger charge is 2.08. The fourth-order valence-electron chi connectivity index (χ4n) is 1.38. The van der Waals surface area contributed by atoms with Gasteiger partial charge in [0.05, 0.1) is 16.9 Å². The molecular formula is C12H10FN3O2. The molecule has 0 saturated heterocycles. The molecule has 0 unspecified atom stereocenters. The van der Waals surface area contributed by atoms with Gasteiger partial charge in [0.1, 0.15) is 5.82 Å². The zero-order chi connectivity index (χ0) is 13.1. The number of aromatic amines is 1. The average molecular weight is 247 g/mol. The maximum Gasteiger partial charge on any atom is 0.257 e. The van der Waals surface area contributed by atoms with E-state index >= 15 is 0 Å². The van der Waals surface area contributed by atoms with Crippen molar-refractivity contribution in [1.29, 1.82) is 0 Å². The van der Waals surface area contributed by atoms with Crippen LogP contribution < -0.4 is 16.6 Å². The number of hydrogen-bond acceptors (Lipinski definition) is 3. The number of benzene rings is 1. The van der Waals surface area contributed by atoms with E-state index < -0.39 is 11.7 Å². The second kappa shape index (κ2) is 4.70. The minimum absolute atomic E-state index is 0.186. The third kappa shape index (κ3) is 2.54. The maximum atomic E-state index is 13.0. The fraction of sp³-hybridized carbons (Fsp3) is 0. The number of carbonyl (C=O) groups is 1. The van der Waals surface area contributed by atoms with Gasteiger partial charge in [-0.25, -0.2) is 4.39 Å². The van der Waals surface area contributed by atoms with Crippen molar-refractivity contribution in [1.82, 2.24) is 4.98 Å². The molecule has 92 valence electrons. The Bertz CT molecular complexity index is 632. The molecule has 1 amide bonds. The summed E-state index contributed by atoms with van der Waals surface area (Å²) in [6, 6.07) is 6.27. The van der Waals surface area contributed by atoms with Crippen LogP contribution in [-0.2, 0) is 0 Å². The topological polar surface area (TPSA) is 88.0 Å². The number of carbonyl (C=O) groups excluding carboxylic acids is 1. The summed E-state index contributed by atoms with van der Waals surface area (Å²) in [5.74, 6) is -0.982. The lowest BCUT2D eigenvalue weighted by molar-refractivity contribution is 0.102. The van der Waals surface area contributed by atoms with Gasteiger partial charge in [-0.1, -0.05) is 0 Å². The maximum absolute atomic E-state index is 13.0. The molecule has 5 nitrogen and oxygen atoms in total. The van der Waals surface area contributed by atoms with Crippen LogP contribution in [0.3, 0.4) is 0 Å². The Morgan fingerprint density at radius 1 is 1.28 bits per heavy atom. The fourth-order valence-corrected chi connectivity index (χ4v) is 1.38. The number of nitrogens with one attached hydrogen (secondary N) is 2. The van der Waals surface area contributed by atoms with Crippen LogP contribution in [0.2, 0.25) is 0 Å². The molecule has 6 heteroatoms. The number of halogens is 1. The molecule has 0 fully saturated rings. The number of nitrogens with two attached hydrogens (primary N) is 1. The van der Waals surface area contributed by atoms with Gasteiger partial charge in [0.25, 0.3) is 5.91 Å². The van der Waals surface area contributed by atoms with E-state index in [0.29, 0.717) is 0 Å². The molecule has 18 heavy (non-hydrogen) atoms. The smallest absolute Gasteiger partial charge is 0.257 e. The molecule has 0 aliphatic heterocycles. The van der Waals surface area contributed by atoms with Crippen LogP contribution in [0, 0.1) is 5.82 Å². The normalized spacial score (nSPS) is 10.1. The van der Waals surface area contributed by atoms with E-state index in [2.05, 4.69) is 10.3 Å². The second-order valence-electron chi connectivity index (χ2n) is 3.63. The van der Waals surface area contributed by atoms with Crippen molar-refractivity contribution >= 4 is 17.3 Å². The molecule has 0 spiro atoms. The van der Waals surface area contributed by atoms with Crippen LogP contribution in [0.5, 0.6) is 0 Å². The zero-order valence-corrected chi connectivity index (χ0v) is 9.24. The summed E-state index contributed by atoms with van der Waals surface area (Å²) < 4.78 is 13.0. The van der Waals surface area contributed by atoms with Gasteiger partial charge < -0.3 is 16.0 Å². The van der Waals surface area contributed by atoms with Gasteiger partial charge in [0.15, 0.2) is 0 Å². The first-order chi connectivity index (χ1) is 8.56. The van der Waals surface area contributed by atoms with Gasteiger partial charge in [0, 0.05) is 12.3 Å². The minimum Gasteiger partial charge on any atom is -0.397 e. The Hall–Kier alpha value is -2.63. The number of pyridine rings is 1. The monoisotopic (exact) mass is 247 g/mol. The molecule has 0 aliphatic carbocycles. The molecule has 2 rings (SSSR count). The second-order valence-corrected chi connectivity index (χ2v) is 3.63. The molecule has 0 aliphatic rings. The summed E-state index contributed by atoms with van der Waals surface area (Å²) in [6.45, 7) is 0. The Balaban J connectivity index is 2.23. The Labute approximate surface area is 101 Å². The highest BCUT2D eigenvalue weighted by atomic mass is 19.1. The van der Waals surface area contributed by atoms with Crippen molar-refractivity contribution in [2.24, 2.45) is 0 Å². The SMILES string of the molecule is Nc1ccc(F)cc1NC(=O)c1ccc(=O)[nH]c1. The minimum atomic E-state index is -0.499. The van der Waals surface area contributed by atoms with E-state index in [4.69, 9.17) is 5.73 Å². The summed E-state index contributed by atoms with van der Waals surface area (Å²) in [4.78, 5) is 25.0. The lowest BCUT2D eigenvalue weighted by atomic mass is 10.2. The zero-order valence-electron chi connectivity index (χ0n) is 9.24. The third-order valence-corrected chi connectivity index (χ3v) is 2.31. The standard InChI is InChI=1S/C12H10FN3O2/c13-8-2-3-9(14)10(5-8)16-12(18)7-1-4-11(17)15-6-7/h1-6H,14H2,(H,15,17)(H,16,18). The van der Waals surface area contributed by atoms with Crippen molar-refractivity contribution in [3.8, 4) is 0 Å². The van der Waals surface area contributed by atoms with Gasteiger partial charge in [-0.3, -0.25) is 9.59 Å². The van der Waals surface area contributed by atoms with Crippen LogP contribution in [-0.4, -0.2) is 10.9 Å². The lowest BCUT2D eigenvalue weighted by Gasteiger charge is -2.07. The number of aromatic nitrogens is 1. The molecule has 0 radical (unpaired) electrons. The predicted octanol–water partition coefficient (Wildman–Crippen LogP) is 1.35. The van der Waals surface area contributed by atoms with Crippen LogP contribution in [0.15, 0.2) is 41.3 Å². The number of nitrogen functional groups attached to an aromatic ring is 1. The quantitative estimate of drug-likeness (QED) is 0.700. The third-order valence-electron chi connectivity index (χ3n) is 2.31. The summed E-state index contributed by atoms with van der Waals surface area (Å²) in [5.41, 5.74) is 5.99. The van der Waals surface area contributed by atoms with Gasteiger partial charge in [-0.15, -0.1) is 0 Å². The van der Waals surface area contributed by atoms with Gasteiger partial charge in [0.2, 0.25) is 5.56 Å². The highest BCUT2D eigenvalue weighted by Crippen LogP contribution is 2.19. The van der Waals surface area contributed by atoms with E-state index in [1.165, 1.54) is 30.5 Å². The predicted molar refractivity (Wildman–Crippen MR) is 65.8 cm³/mol. The average Bonchev–Trinajstić information content (AvgIpc) is 2.34. The van der Waals surface area contributed by atoms with Crippen LogP contribution in [0.25, 0.3) is 0 Å². The number of anilines is 2. The van der Waals surface area contributed by atoms with E-state index in [-0.39, 0.29) is 22.5 Å². The number of rotatable bonds is 2. The number of hydrogen-bond donors (Lipinski definition) is 3. The Morgan fingerprint density at radius 2 is 2.06 bits per heavy atom. The van der Waals surface area contributed by atoms with E-state index in [1.807, 2.05) is 0 Å². The molecule has 0 bridgehead atoms.